The van der Waals surface area contributed by atoms with Crippen molar-refractivity contribution in [2.75, 3.05) is 6.54 Å². The lowest BCUT2D eigenvalue weighted by Crippen LogP contribution is -2.48. The summed E-state index contributed by atoms with van der Waals surface area (Å²) in [7, 11) is 0. The van der Waals surface area contributed by atoms with E-state index in [1.807, 2.05) is 0 Å². The van der Waals surface area contributed by atoms with Gasteiger partial charge in [0.1, 0.15) is 0 Å². The van der Waals surface area contributed by atoms with Crippen LogP contribution in [0.2, 0.25) is 0 Å². The molecule has 3 N–H and O–H groups in total. The molecule has 0 aliphatic heterocycles. The molecule has 0 aromatic carbocycles. The number of amides is 2. The molecule has 1 rings (SSSR count). The molecule has 1 saturated carbocycles. The van der Waals surface area contributed by atoms with E-state index in [2.05, 4.69) is 17.2 Å². The zero-order valence-corrected chi connectivity index (χ0v) is 10.9. The Bertz CT molecular complexity index is 322. The highest BCUT2D eigenvalue weighted by Crippen LogP contribution is 2.35. The van der Waals surface area contributed by atoms with Crippen LogP contribution in [0.25, 0.3) is 0 Å². The van der Waals surface area contributed by atoms with Crippen molar-refractivity contribution in [3.63, 3.8) is 0 Å². The average molecular weight is 254 g/mol. The fraction of sp³-hybridized carbons (Fsp3) is 0.692. The van der Waals surface area contributed by atoms with E-state index in [9.17, 15) is 14.7 Å². The average Bonchev–Trinajstić information content (AvgIpc) is 2.37. The highest BCUT2D eigenvalue weighted by Gasteiger charge is 2.39. The highest BCUT2D eigenvalue weighted by atomic mass is 16.4. The van der Waals surface area contributed by atoms with Crippen LogP contribution in [-0.2, 0) is 4.79 Å². The predicted octanol–water partition coefficient (Wildman–Crippen LogP) is 1.90. The Labute approximate surface area is 108 Å². The van der Waals surface area contributed by atoms with Gasteiger partial charge in [-0.15, -0.1) is 6.58 Å². The van der Waals surface area contributed by atoms with Gasteiger partial charge in [-0.3, -0.25) is 4.79 Å². The Hall–Kier alpha value is -1.52. The number of carbonyl (C=O) groups excluding carboxylic acids is 1. The summed E-state index contributed by atoms with van der Waals surface area (Å²) in [5, 5.41) is 14.7. The van der Waals surface area contributed by atoms with Crippen LogP contribution in [0.5, 0.6) is 0 Å². The van der Waals surface area contributed by atoms with Gasteiger partial charge in [-0.05, 0) is 19.8 Å². The molecular weight excluding hydrogens is 232 g/mol. The first kappa shape index (κ1) is 14.5. The number of carboxylic acid groups (broad SMARTS) is 1. The van der Waals surface area contributed by atoms with Gasteiger partial charge < -0.3 is 15.7 Å². The minimum absolute atomic E-state index is 0.128. The Morgan fingerprint density at radius 3 is 2.50 bits per heavy atom. The van der Waals surface area contributed by atoms with Gasteiger partial charge in [-0.25, -0.2) is 4.79 Å². The fourth-order valence-electron chi connectivity index (χ4n) is 2.26. The predicted molar refractivity (Wildman–Crippen MR) is 69.3 cm³/mol. The molecule has 18 heavy (non-hydrogen) atoms. The maximum atomic E-state index is 11.6. The van der Waals surface area contributed by atoms with Crippen LogP contribution in [0, 0.1) is 5.41 Å². The molecule has 2 amide bonds. The van der Waals surface area contributed by atoms with Gasteiger partial charge in [-0.2, -0.15) is 0 Å². The third kappa shape index (κ3) is 3.75. The molecule has 0 aromatic rings. The summed E-state index contributed by atoms with van der Waals surface area (Å²) >= 11 is 0. The van der Waals surface area contributed by atoms with Crippen molar-refractivity contribution >= 4 is 12.0 Å². The molecule has 0 aromatic heterocycles. The second kappa shape index (κ2) is 6.42. The quantitative estimate of drug-likeness (QED) is 0.656. The monoisotopic (exact) mass is 254 g/mol. The Morgan fingerprint density at radius 1 is 1.39 bits per heavy atom. The van der Waals surface area contributed by atoms with Crippen molar-refractivity contribution in [2.45, 2.75) is 45.1 Å². The minimum Gasteiger partial charge on any atom is -0.481 e. The van der Waals surface area contributed by atoms with Crippen LogP contribution < -0.4 is 10.6 Å². The molecule has 0 bridgehead atoms. The van der Waals surface area contributed by atoms with E-state index in [-0.39, 0.29) is 18.6 Å². The number of carbonyl (C=O) groups is 2. The van der Waals surface area contributed by atoms with Crippen LogP contribution in [0.4, 0.5) is 4.79 Å². The standard InChI is InChI=1S/C13H22N2O3/c1-3-10(2)15-12(18)14-9-13(11(16)17)7-5-4-6-8-13/h3,10H,1,4-9H2,2H3,(H,16,17)(H2,14,15,18). The van der Waals surface area contributed by atoms with Gasteiger partial charge in [0.25, 0.3) is 0 Å². The maximum Gasteiger partial charge on any atom is 0.315 e. The Kier molecular flexibility index (Phi) is 5.19. The van der Waals surface area contributed by atoms with E-state index in [1.165, 1.54) is 0 Å². The summed E-state index contributed by atoms with van der Waals surface area (Å²) in [5.41, 5.74) is -0.785. The zero-order chi connectivity index (χ0) is 13.6. The molecule has 1 atom stereocenters. The van der Waals surface area contributed by atoms with Gasteiger partial charge in [0, 0.05) is 12.6 Å². The molecule has 5 heteroatoms. The molecule has 0 radical (unpaired) electrons. The Balaban J connectivity index is 2.50. The van der Waals surface area contributed by atoms with Crippen molar-refractivity contribution < 1.29 is 14.7 Å². The van der Waals surface area contributed by atoms with Crippen molar-refractivity contribution in [1.82, 2.24) is 10.6 Å². The molecule has 1 unspecified atom stereocenters. The van der Waals surface area contributed by atoms with E-state index in [1.54, 1.807) is 13.0 Å². The van der Waals surface area contributed by atoms with Crippen molar-refractivity contribution in [2.24, 2.45) is 5.41 Å². The van der Waals surface area contributed by atoms with Gasteiger partial charge >= 0.3 is 12.0 Å². The first-order chi connectivity index (χ1) is 8.50. The van der Waals surface area contributed by atoms with Crippen LogP contribution >= 0.6 is 0 Å². The first-order valence-electron chi connectivity index (χ1n) is 6.40. The maximum absolute atomic E-state index is 11.6. The number of carboxylic acids is 1. The topological polar surface area (TPSA) is 78.4 Å². The lowest BCUT2D eigenvalue weighted by molar-refractivity contribution is -0.150. The highest BCUT2D eigenvalue weighted by molar-refractivity contribution is 5.78. The van der Waals surface area contributed by atoms with Crippen molar-refractivity contribution in [3.05, 3.63) is 12.7 Å². The van der Waals surface area contributed by atoms with Crippen LogP contribution in [0.15, 0.2) is 12.7 Å². The summed E-state index contributed by atoms with van der Waals surface area (Å²) in [4.78, 5) is 22.9. The largest absolute Gasteiger partial charge is 0.481 e. The minimum atomic E-state index is -0.806. The number of hydrogen-bond donors (Lipinski definition) is 3. The fourth-order valence-corrected chi connectivity index (χ4v) is 2.26. The molecule has 1 fully saturated rings. The van der Waals surface area contributed by atoms with Gasteiger partial charge in [0.2, 0.25) is 0 Å². The molecule has 1 aliphatic carbocycles. The van der Waals surface area contributed by atoms with E-state index >= 15 is 0 Å². The lowest BCUT2D eigenvalue weighted by Gasteiger charge is -2.33. The van der Waals surface area contributed by atoms with Crippen molar-refractivity contribution in [3.8, 4) is 0 Å². The summed E-state index contributed by atoms with van der Waals surface area (Å²) in [6, 6.07) is -0.467. The molecule has 5 nitrogen and oxygen atoms in total. The first-order valence-corrected chi connectivity index (χ1v) is 6.40. The number of hydrogen-bond acceptors (Lipinski definition) is 2. The van der Waals surface area contributed by atoms with Crippen LogP contribution in [0.3, 0.4) is 0 Å². The van der Waals surface area contributed by atoms with E-state index in [0.29, 0.717) is 12.8 Å². The summed E-state index contributed by atoms with van der Waals surface area (Å²) < 4.78 is 0. The molecule has 1 aliphatic rings. The SMILES string of the molecule is C=CC(C)NC(=O)NCC1(C(=O)O)CCCCC1. The summed E-state index contributed by atoms with van der Waals surface area (Å²) in [6.07, 6.45) is 5.80. The molecular formula is C13H22N2O3. The smallest absolute Gasteiger partial charge is 0.315 e. The number of nitrogens with one attached hydrogen (secondary N) is 2. The zero-order valence-electron chi connectivity index (χ0n) is 10.9. The lowest BCUT2D eigenvalue weighted by atomic mass is 9.74. The second-order valence-electron chi connectivity index (χ2n) is 5.00. The van der Waals surface area contributed by atoms with Gasteiger partial charge in [0.05, 0.1) is 5.41 Å². The molecule has 0 spiro atoms. The molecule has 0 saturated heterocycles. The van der Waals surface area contributed by atoms with E-state index in [4.69, 9.17) is 0 Å². The van der Waals surface area contributed by atoms with Crippen molar-refractivity contribution in [1.29, 1.82) is 0 Å². The second-order valence-corrected chi connectivity index (χ2v) is 5.00. The number of urea groups is 1. The number of aliphatic carboxylic acids is 1. The molecule has 102 valence electrons. The van der Waals surface area contributed by atoms with Crippen LogP contribution in [0.1, 0.15) is 39.0 Å². The van der Waals surface area contributed by atoms with Gasteiger partial charge in [-0.1, -0.05) is 25.3 Å². The van der Waals surface area contributed by atoms with Gasteiger partial charge in [0.15, 0.2) is 0 Å². The van der Waals surface area contributed by atoms with E-state index in [0.717, 1.165) is 19.3 Å². The normalized spacial score (nSPS) is 19.6. The number of rotatable bonds is 5. The Morgan fingerprint density at radius 2 is 2.00 bits per heavy atom. The third-order valence-electron chi connectivity index (χ3n) is 3.56. The van der Waals surface area contributed by atoms with Crippen LogP contribution in [-0.4, -0.2) is 29.7 Å². The summed E-state index contributed by atoms with van der Waals surface area (Å²) in [6.45, 7) is 5.57. The third-order valence-corrected chi connectivity index (χ3v) is 3.56. The van der Waals surface area contributed by atoms with E-state index < -0.39 is 11.4 Å². The summed E-state index contributed by atoms with van der Waals surface area (Å²) in [5.74, 6) is -0.806. The molecule has 0 heterocycles.